The van der Waals surface area contributed by atoms with Crippen molar-refractivity contribution in [2.24, 2.45) is 0 Å². The van der Waals surface area contributed by atoms with Crippen molar-refractivity contribution in [3.63, 3.8) is 0 Å². The van der Waals surface area contributed by atoms with E-state index in [4.69, 9.17) is 20.4 Å². The van der Waals surface area contributed by atoms with Crippen molar-refractivity contribution < 1.29 is 47.1 Å². The Labute approximate surface area is 71.9 Å². The first kappa shape index (κ1) is 13.0. The fourth-order valence-corrected chi connectivity index (χ4v) is 0.270. The summed E-state index contributed by atoms with van der Waals surface area (Å²) in [6.07, 6.45) is -4.53. The Hall–Kier alpha value is -0.621. The molecule has 11 heavy (non-hydrogen) atoms. The molecule has 2 atom stereocenters. The van der Waals surface area contributed by atoms with Crippen LogP contribution in [0.4, 0.5) is 0 Å². The first-order valence-corrected chi connectivity index (χ1v) is 2.28. The average Bonchev–Trinajstić information content (AvgIpc) is 1.84. The van der Waals surface area contributed by atoms with Gasteiger partial charge in [-0.15, -0.1) is 0 Å². The Balaban J connectivity index is 0. The number of aliphatic carboxylic acids is 2. The van der Waals surface area contributed by atoms with Gasteiger partial charge in [0.2, 0.25) is 0 Å². The molecule has 0 radical (unpaired) electrons. The number of carboxylic acids is 2. The van der Waals surface area contributed by atoms with Crippen molar-refractivity contribution in [2.75, 3.05) is 0 Å². The van der Waals surface area contributed by atoms with Crippen LogP contribution in [0.1, 0.15) is 0 Å². The number of hydrogen-bond acceptors (Lipinski definition) is 4. The summed E-state index contributed by atoms with van der Waals surface area (Å²) >= 11 is 0. The van der Waals surface area contributed by atoms with Crippen LogP contribution in [-0.2, 0) is 26.7 Å². The first-order valence-electron chi connectivity index (χ1n) is 2.28. The SMILES string of the molecule is O=C(O)C(O)C(O)C(=O)O.[Fe]. The molecule has 0 aromatic rings. The molecule has 0 aromatic heterocycles. The molecule has 0 rings (SSSR count). The van der Waals surface area contributed by atoms with Gasteiger partial charge in [0, 0.05) is 17.1 Å². The van der Waals surface area contributed by atoms with Gasteiger partial charge in [0.25, 0.3) is 0 Å². The van der Waals surface area contributed by atoms with Gasteiger partial charge < -0.3 is 20.4 Å². The maximum absolute atomic E-state index is 9.77. The second-order valence-electron chi connectivity index (χ2n) is 1.57. The molecule has 6 nitrogen and oxygen atoms in total. The number of carbonyl (C=O) groups is 2. The molecular weight excluding hydrogens is 200 g/mol. The van der Waals surface area contributed by atoms with Crippen LogP contribution in [0.2, 0.25) is 0 Å². The Morgan fingerprint density at radius 3 is 1.18 bits per heavy atom. The molecule has 0 aliphatic heterocycles. The zero-order valence-corrected chi connectivity index (χ0v) is 6.22. The van der Waals surface area contributed by atoms with Gasteiger partial charge >= 0.3 is 11.9 Å². The van der Waals surface area contributed by atoms with Crippen LogP contribution in [0.5, 0.6) is 0 Å². The third-order valence-corrected chi connectivity index (χ3v) is 0.805. The molecule has 0 aliphatic carbocycles. The molecule has 4 N–H and O–H groups in total. The number of rotatable bonds is 3. The molecule has 0 heterocycles. The molecule has 0 saturated heterocycles. The summed E-state index contributed by atoms with van der Waals surface area (Å²) in [7, 11) is 0. The standard InChI is InChI=1S/C4H6O6.Fe/c5-1(3(7)8)2(6)4(9)10;/h1-2,5-6H,(H,7,8)(H,9,10);. The summed E-state index contributed by atoms with van der Waals surface area (Å²) in [4.78, 5) is 19.5. The van der Waals surface area contributed by atoms with Crippen molar-refractivity contribution in [3.8, 4) is 0 Å². The summed E-state index contributed by atoms with van der Waals surface area (Å²) in [6.45, 7) is 0. The Bertz CT molecular complexity index is 139. The van der Waals surface area contributed by atoms with E-state index in [-0.39, 0.29) is 17.1 Å². The van der Waals surface area contributed by atoms with Gasteiger partial charge in [-0.3, -0.25) is 0 Å². The maximum atomic E-state index is 9.77. The van der Waals surface area contributed by atoms with Gasteiger partial charge in [0.15, 0.2) is 12.2 Å². The fraction of sp³-hybridized carbons (Fsp3) is 0.500. The molecule has 0 saturated carbocycles. The third kappa shape index (κ3) is 3.94. The molecule has 0 aromatic carbocycles. The monoisotopic (exact) mass is 206 g/mol. The van der Waals surface area contributed by atoms with Gasteiger partial charge in [0.05, 0.1) is 0 Å². The Morgan fingerprint density at radius 1 is 0.909 bits per heavy atom. The molecule has 7 heteroatoms. The summed E-state index contributed by atoms with van der Waals surface area (Å²) in [6, 6.07) is 0. The summed E-state index contributed by atoms with van der Waals surface area (Å²) in [5, 5.41) is 32.5. The second-order valence-corrected chi connectivity index (χ2v) is 1.57. The largest absolute Gasteiger partial charge is 0.479 e. The van der Waals surface area contributed by atoms with Crippen molar-refractivity contribution in [1.29, 1.82) is 0 Å². The molecule has 0 spiro atoms. The van der Waals surface area contributed by atoms with Crippen LogP contribution in [0, 0.1) is 0 Å². The number of hydrogen-bond donors (Lipinski definition) is 4. The average molecular weight is 206 g/mol. The van der Waals surface area contributed by atoms with Crippen molar-refractivity contribution >= 4 is 11.9 Å². The van der Waals surface area contributed by atoms with E-state index in [1.54, 1.807) is 0 Å². The first-order chi connectivity index (χ1) is 4.46. The van der Waals surface area contributed by atoms with Crippen molar-refractivity contribution in [1.82, 2.24) is 0 Å². The minimum atomic E-state index is -2.27. The Kier molecular flexibility index (Phi) is 6.01. The quantitative estimate of drug-likeness (QED) is 0.392. The summed E-state index contributed by atoms with van der Waals surface area (Å²) in [5.74, 6) is -3.54. The number of aliphatic hydroxyl groups excluding tert-OH is 2. The van der Waals surface area contributed by atoms with E-state index in [9.17, 15) is 9.59 Å². The molecular formula is C4H6FeO6. The molecule has 0 aliphatic rings. The Morgan fingerprint density at radius 2 is 1.09 bits per heavy atom. The van der Waals surface area contributed by atoms with Crippen LogP contribution in [0.15, 0.2) is 0 Å². The molecule has 2 unspecified atom stereocenters. The molecule has 66 valence electrons. The normalized spacial score (nSPS) is 14.4. The van der Waals surface area contributed by atoms with Gasteiger partial charge in [-0.1, -0.05) is 0 Å². The van der Waals surface area contributed by atoms with Crippen molar-refractivity contribution in [2.45, 2.75) is 12.2 Å². The van der Waals surface area contributed by atoms with E-state index in [1.807, 2.05) is 0 Å². The minimum absolute atomic E-state index is 0. The van der Waals surface area contributed by atoms with Crippen LogP contribution < -0.4 is 0 Å². The van der Waals surface area contributed by atoms with E-state index in [0.717, 1.165) is 0 Å². The van der Waals surface area contributed by atoms with Gasteiger partial charge in [-0.2, -0.15) is 0 Å². The predicted molar refractivity (Wildman–Crippen MR) is 27.3 cm³/mol. The number of aliphatic hydroxyl groups is 2. The van der Waals surface area contributed by atoms with Gasteiger partial charge in [-0.05, 0) is 0 Å². The van der Waals surface area contributed by atoms with Gasteiger partial charge in [0.1, 0.15) is 0 Å². The van der Waals surface area contributed by atoms with E-state index >= 15 is 0 Å². The van der Waals surface area contributed by atoms with Crippen LogP contribution >= 0.6 is 0 Å². The van der Waals surface area contributed by atoms with Crippen LogP contribution in [0.25, 0.3) is 0 Å². The second kappa shape index (κ2) is 5.09. The van der Waals surface area contributed by atoms with E-state index in [1.165, 1.54) is 0 Å². The van der Waals surface area contributed by atoms with E-state index < -0.39 is 24.1 Å². The van der Waals surface area contributed by atoms with E-state index in [2.05, 4.69) is 0 Å². The molecule has 0 bridgehead atoms. The maximum Gasteiger partial charge on any atom is 0.335 e. The van der Waals surface area contributed by atoms with E-state index in [0.29, 0.717) is 0 Å². The van der Waals surface area contributed by atoms with Crippen LogP contribution in [0.3, 0.4) is 0 Å². The molecule has 0 amide bonds. The van der Waals surface area contributed by atoms with Gasteiger partial charge in [-0.25, -0.2) is 9.59 Å². The smallest absolute Gasteiger partial charge is 0.335 e. The summed E-state index contributed by atoms with van der Waals surface area (Å²) in [5.41, 5.74) is 0. The fourth-order valence-electron chi connectivity index (χ4n) is 0.270. The summed E-state index contributed by atoms with van der Waals surface area (Å²) < 4.78 is 0. The zero-order valence-electron chi connectivity index (χ0n) is 5.11. The predicted octanol–water partition coefficient (Wildman–Crippen LogP) is -2.13. The number of carboxylic acid groups (broad SMARTS) is 2. The van der Waals surface area contributed by atoms with Crippen molar-refractivity contribution in [3.05, 3.63) is 0 Å². The zero-order chi connectivity index (χ0) is 8.31. The molecule has 0 fully saturated rings. The topological polar surface area (TPSA) is 115 Å². The third-order valence-electron chi connectivity index (χ3n) is 0.805. The minimum Gasteiger partial charge on any atom is -0.479 e. The van der Waals surface area contributed by atoms with Crippen LogP contribution in [-0.4, -0.2) is 44.6 Å².